The smallest absolute Gasteiger partial charge is 0.312 e. The number of hydrogen-bond acceptors (Lipinski definition) is 6. The van der Waals surface area contributed by atoms with Crippen molar-refractivity contribution in [3.63, 3.8) is 0 Å². The number of carbonyl (C=O) groups is 3. The summed E-state index contributed by atoms with van der Waals surface area (Å²) in [6.07, 6.45) is 6.06. The second-order valence-electron chi connectivity index (χ2n) is 10.1. The number of aliphatic hydroxyl groups is 1. The zero-order valence-electron chi connectivity index (χ0n) is 21.0. The lowest BCUT2D eigenvalue weighted by Crippen LogP contribution is -2.58. The van der Waals surface area contributed by atoms with Crippen molar-refractivity contribution in [2.45, 2.75) is 76.7 Å². The van der Waals surface area contributed by atoms with Gasteiger partial charge in [0.15, 0.2) is 0 Å². The molecule has 3 aliphatic heterocycles. The van der Waals surface area contributed by atoms with Gasteiger partial charge >= 0.3 is 5.97 Å². The molecule has 1 spiro atoms. The van der Waals surface area contributed by atoms with E-state index >= 15 is 0 Å². The maximum absolute atomic E-state index is 14.1. The van der Waals surface area contributed by atoms with Gasteiger partial charge in [0.05, 0.1) is 24.7 Å². The van der Waals surface area contributed by atoms with E-state index in [0.717, 1.165) is 12.8 Å². The summed E-state index contributed by atoms with van der Waals surface area (Å²) in [5.74, 6) is -2.71. The Balaban J connectivity index is 2.05. The largest absolute Gasteiger partial charge is 0.465 e. The van der Waals surface area contributed by atoms with Crippen molar-refractivity contribution in [2.75, 3.05) is 26.3 Å². The van der Waals surface area contributed by atoms with Crippen molar-refractivity contribution >= 4 is 17.8 Å². The molecule has 3 heterocycles. The first kappa shape index (κ1) is 26.4. The van der Waals surface area contributed by atoms with E-state index in [1.54, 1.807) is 17.1 Å². The lowest BCUT2D eigenvalue weighted by molar-refractivity contribution is -0.162. The van der Waals surface area contributed by atoms with Crippen molar-refractivity contribution in [1.29, 1.82) is 0 Å². The van der Waals surface area contributed by atoms with Gasteiger partial charge in [-0.1, -0.05) is 32.4 Å². The average molecular weight is 477 g/mol. The van der Waals surface area contributed by atoms with E-state index in [0.29, 0.717) is 19.4 Å². The number of β-amino-alcohol motifs (C(OH)–C–C–N with tert-alkyl or cyclic N) is 1. The van der Waals surface area contributed by atoms with E-state index in [1.165, 1.54) is 4.90 Å². The topological polar surface area (TPSA) is 96.4 Å². The van der Waals surface area contributed by atoms with Crippen molar-refractivity contribution < 1.29 is 29.0 Å². The minimum absolute atomic E-state index is 0.00423. The summed E-state index contributed by atoms with van der Waals surface area (Å²) in [6, 6.07) is -0.963. The van der Waals surface area contributed by atoms with E-state index in [4.69, 9.17) is 9.47 Å². The van der Waals surface area contributed by atoms with Crippen LogP contribution in [0.1, 0.15) is 53.4 Å². The van der Waals surface area contributed by atoms with E-state index in [-0.39, 0.29) is 43.5 Å². The molecule has 2 amide bonds. The molecule has 0 aliphatic carbocycles. The van der Waals surface area contributed by atoms with Gasteiger partial charge in [-0.15, -0.1) is 13.2 Å². The van der Waals surface area contributed by atoms with Crippen molar-refractivity contribution in [3.05, 3.63) is 25.3 Å². The van der Waals surface area contributed by atoms with Crippen LogP contribution < -0.4 is 0 Å². The highest BCUT2D eigenvalue weighted by molar-refractivity contribution is 5.98. The zero-order valence-corrected chi connectivity index (χ0v) is 21.0. The third-order valence-electron chi connectivity index (χ3n) is 8.06. The number of esters is 1. The Bertz CT molecular complexity index is 830. The number of fused-ring (bicyclic) bond motifs is 1. The van der Waals surface area contributed by atoms with Gasteiger partial charge in [0.25, 0.3) is 0 Å². The first-order valence-corrected chi connectivity index (χ1v) is 12.4. The molecule has 0 aromatic rings. The number of aliphatic hydroxyl groups excluding tert-OH is 1. The molecule has 4 unspecified atom stereocenters. The number of carbonyl (C=O) groups excluding carboxylic acids is 3. The van der Waals surface area contributed by atoms with Crippen LogP contribution in [0.15, 0.2) is 25.3 Å². The molecule has 8 nitrogen and oxygen atoms in total. The lowest BCUT2D eigenvalue weighted by atomic mass is 9.62. The molecule has 2 bridgehead atoms. The minimum atomic E-state index is -1.13. The molecule has 3 rings (SSSR count). The molecule has 0 aromatic heterocycles. The van der Waals surface area contributed by atoms with Gasteiger partial charge in [-0.2, -0.15) is 0 Å². The average Bonchev–Trinajstić information content (AvgIpc) is 3.29. The van der Waals surface area contributed by atoms with Crippen LogP contribution in [0.2, 0.25) is 0 Å². The third kappa shape index (κ3) is 3.98. The van der Waals surface area contributed by atoms with Crippen LogP contribution in [0.5, 0.6) is 0 Å². The lowest BCUT2D eigenvalue weighted by Gasteiger charge is -2.39. The molecular formula is C26H40N2O6. The van der Waals surface area contributed by atoms with Crippen molar-refractivity contribution in [2.24, 2.45) is 17.8 Å². The Morgan fingerprint density at radius 3 is 2.68 bits per heavy atom. The molecule has 3 saturated heterocycles. The molecular weight excluding hydrogens is 436 g/mol. The maximum atomic E-state index is 14.1. The second kappa shape index (κ2) is 10.2. The number of rotatable bonds is 12. The van der Waals surface area contributed by atoms with Crippen molar-refractivity contribution in [3.8, 4) is 0 Å². The first-order chi connectivity index (χ1) is 16.1. The van der Waals surface area contributed by atoms with Crippen LogP contribution in [-0.4, -0.2) is 82.3 Å². The molecule has 0 radical (unpaired) electrons. The predicted octanol–water partition coefficient (Wildman–Crippen LogP) is 2.31. The van der Waals surface area contributed by atoms with Gasteiger partial charge in [0.1, 0.15) is 17.6 Å². The van der Waals surface area contributed by atoms with E-state index < -0.39 is 35.0 Å². The molecule has 7 atom stereocenters. The third-order valence-corrected chi connectivity index (χ3v) is 8.06. The Kier molecular flexibility index (Phi) is 7.92. The van der Waals surface area contributed by atoms with Gasteiger partial charge in [-0.05, 0) is 39.0 Å². The summed E-state index contributed by atoms with van der Waals surface area (Å²) in [7, 11) is 0. The molecule has 34 heavy (non-hydrogen) atoms. The fraction of sp³-hybridized carbons (Fsp3) is 0.731. The van der Waals surface area contributed by atoms with Gasteiger partial charge in [-0.3, -0.25) is 14.4 Å². The Labute approximate surface area is 202 Å². The highest BCUT2D eigenvalue weighted by Crippen LogP contribution is 2.65. The van der Waals surface area contributed by atoms with E-state index in [2.05, 4.69) is 20.1 Å². The predicted molar refractivity (Wildman–Crippen MR) is 128 cm³/mol. The maximum Gasteiger partial charge on any atom is 0.312 e. The molecule has 3 aliphatic rings. The molecule has 3 fully saturated rings. The first-order valence-electron chi connectivity index (χ1n) is 12.4. The fourth-order valence-electron chi connectivity index (χ4n) is 6.41. The normalized spacial score (nSPS) is 34.6. The number of likely N-dealkylation sites (tertiary alicyclic amines) is 1. The van der Waals surface area contributed by atoms with Gasteiger partial charge in [0.2, 0.25) is 11.8 Å². The summed E-state index contributed by atoms with van der Waals surface area (Å²) >= 11 is 0. The minimum Gasteiger partial charge on any atom is -0.465 e. The van der Waals surface area contributed by atoms with E-state index in [1.807, 2.05) is 20.8 Å². The number of hydrogen-bond donors (Lipinski definition) is 1. The van der Waals surface area contributed by atoms with Crippen LogP contribution in [0.25, 0.3) is 0 Å². The van der Waals surface area contributed by atoms with Gasteiger partial charge < -0.3 is 24.4 Å². The van der Waals surface area contributed by atoms with Crippen LogP contribution in [0.3, 0.4) is 0 Å². The van der Waals surface area contributed by atoms with Crippen LogP contribution >= 0.6 is 0 Å². The summed E-state index contributed by atoms with van der Waals surface area (Å²) in [4.78, 5) is 44.3. The molecule has 0 saturated carbocycles. The molecule has 0 aromatic carbocycles. The Morgan fingerprint density at radius 2 is 2.09 bits per heavy atom. The van der Waals surface area contributed by atoms with Crippen molar-refractivity contribution in [1.82, 2.24) is 9.80 Å². The van der Waals surface area contributed by atoms with Crippen LogP contribution in [0.4, 0.5) is 0 Å². The summed E-state index contributed by atoms with van der Waals surface area (Å²) < 4.78 is 12.1. The van der Waals surface area contributed by atoms with Gasteiger partial charge in [0, 0.05) is 19.1 Å². The highest BCUT2D eigenvalue weighted by atomic mass is 16.6. The number of amides is 2. The SMILES string of the molecule is C=CCCOC(=O)[C@H]1[C@H]2C(=O)N(CCO)C(C(=O)N(CC=C)C(C)CCC)C23CC(C)[C@]1(C)O3. The monoisotopic (exact) mass is 476 g/mol. The fourth-order valence-corrected chi connectivity index (χ4v) is 6.41. The quantitative estimate of drug-likeness (QED) is 0.264. The van der Waals surface area contributed by atoms with Crippen LogP contribution in [-0.2, 0) is 23.9 Å². The van der Waals surface area contributed by atoms with Crippen LogP contribution in [0, 0.1) is 17.8 Å². The summed E-state index contributed by atoms with van der Waals surface area (Å²) in [6.45, 7) is 15.6. The molecule has 8 heteroatoms. The van der Waals surface area contributed by atoms with Gasteiger partial charge in [-0.25, -0.2) is 0 Å². The second-order valence-corrected chi connectivity index (χ2v) is 10.1. The summed E-state index contributed by atoms with van der Waals surface area (Å²) in [5, 5.41) is 9.75. The highest BCUT2D eigenvalue weighted by Gasteiger charge is 2.80. The molecule has 1 N–H and O–H groups in total. The Hall–Kier alpha value is -2.19. The zero-order chi connectivity index (χ0) is 25.3. The Morgan fingerprint density at radius 1 is 1.38 bits per heavy atom. The number of ether oxygens (including phenoxy) is 2. The summed E-state index contributed by atoms with van der Waals surface area (Å²) in [5.41, 5.74) is -2.04. The van der Waals surface area contributed by atoms with E-state index in [9.17, 15) is 19.5 Å². The molecule has 190 valence electrons. The number of nitrogens with zero attached hydrogens (tertiary/aromatic N) is 2. The standard InChI is InChI=1S/C26H40N2O6/c1-7-10-15-33-24(32)20-19-22(30)28(13-14-29)21(26(19)16-17(4)25(20,6)34-26)23(31)27(12-9-3)18(5)11-8-2/h7,9,17-21,29H,1,3,8,10-16H2,2,4-6H3/t17?,18?,19-,20+,21?,25-,26?/m0/s1.